The van der Waals surface area contributed by atoms with Gasteiger partial charge in [0.05, 0.1) is 0 Å². The van der Waals surface area contributed by atoms with Gasteiger partial charge in [-0.15, -0.1) is 0 Å². The first-order valence-corrected chi connectivity index (χ1v) is 9.40. The average Bonchev–Trinajstić information content (AvgIpc) is 3.17. The molecule has 2 aliphatic heterocycles. The molecule has 7 nitrogen and oxygen atoms in total. The Bertz CT molecular complexity index is 818. The molecule has 2 amide bonds. The van der Waals surface area contributed by atoms with Gasteiger partial charge in [0, 0.05) is 63.6 Å². The van der Waals surface area contributed by atoms with Crippen molar-refractivity contribution < 1.29 is 9.59 Å². The van der Waals surface area contributed by atoms with Crippen LogP contribution in [-0.4, -0.2) is 59.4 Å². The molecule has 2 aliphatic rings. The van der Waals surface area contributed by atoms with Crippen molar-refractivity contribution in [3.05, 3.63) is 48.3 Å². The lowest BCUT2D eigenvalue weighted by molar-refractivity contribution is -0.133. The summed E-state index contributed by atoms with van der Waals surface area (Å²) < 4.78 is 0. The number of aromatic nitrogens is 2. The van der Waals surface area contributed by atoms with Gasteiger partial charge in [0.25, 0.3) is 0 Å². The summed E-state index contributed by atoms with van der Waals surface area (Å²) in [5.74, 6) is 0.779. The Morgan fingerprint density at radius 3 is 2.33 bits per heavy atom. The van der Waals surface area contributed by atoms with E-state index in [1.165, 1.54) is 5.56 Å². The summed E-state index contributed by atoms with van der Waals surface area (Å²) in [7, 11) is 0. The van der Waals surface area contributed by atoms with Gasteiger partial charge >= 0.3 is 0 Å². The molecule has 0 N–H and O–H groups in total. The third-order valence-corrected chi connectivity index (χ3v) is 5.21. The second-order valence-electron chi connectivity index (χ2n) is 6.84. The van der Waals surface area contributed by atoms with Gasteiger partial charge in [-0.25, -0.2) is 9.97 Å². The summed E-state index contributed by atoms with van der Waals surface area (Å²) in [5, 5.41) is 0. The second-order valence-corrected chi connectivity index (χ2v) is 6.84. The molecule has 3 heterocycles. The summed E-state index contributed by atoms with van der Waals surface area (Å²) in [6.07, 6.45) is 4.86. The molecule has 27 heavy (non-hydrogen) atoms. The Morgan fingerprint density at radius 1 is 0.852 bits per heavy atom. The zero-order chi connectivity index (χ0) is 18.6. The highest BCUT2D eigenvalue weighted by Crippen LogP contribution is 2.28. The molecule has 1 aromatic carbocycles. The van der Waals surface area contributed by atoms with E-state index in [0.29, 0.717) is 38.7 Å². The fraction of sp³-hybridized carbons (Fsp3) is 0.400. The monoisotopic (exact) mass is 365 g/mol. The number of hydrogen-bond donors (Lipinski definition) is 0. The molecular formula is C20H23N5O2. The van der Waals surface area contributed by atoms with Crippen LogP contribution in [0.3, 0.4) is 0 Å². The van der Waals surface area contributed by atoms with Crippen LogP contribution in [0.15, 0.2) is 42.7 Å². The van der Waals surface area contributed by atoms with Crippen LogP contribution < -0.4 is 9.80 Å². The Kier molecular flexibility index (Phi) is 5.00. The maximum absolute atomic E-state index is 12.6. The SMILES string of the molecule is O=C(CCC(=O)N1CCc2ccccc21)N1CCN(c2ncccn2)CC1. The lowest BCUT2D eigenvalue weighted by Crippen LogP contribution is -2.49. The van der Waals surface area contributed by atoms with Crippen LogP contribution in [-0.2, 0) is 16.0 Å². The predicted octanol–water partition coefficient (Wildman–Crippen LogP) is 1.49. The smallest absolute Gasteiger partial charge is 0.227 e. The standard InChI is InChI=1S/C20H23N5O2/c26-18(23-12-14-24(15-13-23)20-21-9-3-10-22-20)6-7-19(27)25-11-8-16-4-1-2-5-17(16)25/h1-5,9-10H,6-8,11-15H2. The highest BCUT2D eigenvalue weighted by molar-refractivity contribution is 5.97. The Labute approximate surface area is 158 Å². The number of carbonyl (C=O) groups excluding carboxylic acids is 2. The van der Waals surface area contributed by atoms with Crippen LogP contribution in [0.25, 0.3) is 0 Å². The minimum absolute atomic E-state index is 0.0321. The number of nitrogens with zero attached hydrogens (tertiary/aromatic N) is 5. The molecule has 0 saturated carbocycles. The van der Waals surface area contributed by atoms with E-state index in [9.17, 15) is 9.59 Å². The molecule has 0 bridgehead atoms. The van der Waals surface area contributed by atoms with Gasteiger partial charge in [-0.3, -0.25) is 9.59 Å². The maximum atomic E-state index is 12.6. The zero-order valence-corrected chi connectivity index (χ0v) is 15.3. The summed E-state index contributed by atoms with van der Waals surface area (Å²) >= 11 is 0. The van der Waals surface area contributed by atoms with Gasteiger partial charge in [-0.1, -0.05) is 18.2 Å². The molecule has 1 aromatic heterocycles. The van der Waals surface area contributed by atoms with E-state index in [0.717, 1.165) is 12.1 Å². The summed E-state index contributed by atoms with van der Waals surface area (Å²) in [4.78, 5) is 39.3. The van der Waals surface area contributed by atoms with Gasteiger partial charge in [0.2, 0.25) is 17.8 Å². The third kappa shape index (κ3) is 3.77. The summed E-state index contributed by atoms with van der Waals surface area (Å²) in [5.41, 5.74) is 2.20. The summed E-state index contributed by atoms with van der Waals surface area (Å²) in [6.45, 7) is 3.41. The van der Waals surface area contributed by atoms with Crippen LogP contribution in [0.5, 0.6) is 0 Å². The van der Waals surface area contributed by atoms with E-state index in [2.05, 4.69) is 20.9 Å². The van der Waals surface area contributed by atoms with E-state index in [1.807, 2.05) is 28.0 Å². The van der Waals surface area contributed by atoms with Crippen LogP contribution in [0, 0.1) is 0 Å². The van der Waals surface area contributed by atoms with Crippen molar-refractivity contribution in [2.24, 2.45) is 0 Å². The number of anilines is 2. The lowest BCUT2D eigenvalue weighted by atomic mass is 10.2. The molecule has 1 saturated heterocycles. The molecule has 0 atom stereocenters. The van der Waals surface area contributed by atoms with E-state index in [4.69, 9.17) is 0 Å². The molecule has 140 valence electrons. The molecule has 0 unspecified atom stereocenters. The third-order valence-electron chi connectivity index (χ3n) is 5.21. The number of fused-ring (bicyclic) bond motifs is 1. The molecule has 0 spiro atoms. The van der Waals surface area contributed by atoms with Gasteiger partial charge < -0.3 is 14.7 Å². The number of rotatable bonds is 4. The molecular weight excluding hydrogens is 342 g/mol. The zero-order valence-electron chi connectivity index (χ0n) is 15.3. The number of benzene rings is 1. The maximum Gasteiger partial charge on any atom is 0.227 e. The van der Waals surface area contributed by atoms with Crippen LogP contribution in [0.4, 0.5) is 11.6 Å². The normalized spacial score (nSPS) is 16.4. The van der Waals surface area contributed by atoms with Gasteiger partial charge in [-0.05, 0) is 24.1 Å². The largest absolute Gasteiger partial charge is 0.339 e. The first-order chi connectivity index (χ1) is 13.2. The number of carbonyl (C=O) groups is 2. The highest BCUT2D eigenvalue weighted by atomic mass is 16.2. The number of amides is 2. The minimum atomic E-state index is 0.0321. The van der Waals surface area contributed by atoms with E-state index in [-0.39, 0.29) is 24.7 Å². The predicted molar refractivity (Wildman–Crippen MR) is 103 cm³/mol. The van der Waals surface area contributed by atoms with Crippen LogP contribution in [0.2, 0.25) is 0 Å². The van der Waals surface area contributed by atoms with E-state index >= 15 is 0 Å². The van der Waals surface area contributed by atoms with E-state index in [1.54, 1.807) is 18.5 Å². The van der Waals surface area contributed by atoms with Gasteiger partial charge in [0.1, 0.15) is 0 Å². The van der Waals surface area contributed by atoms with Crippen molar-refractivity contribution in [3.63, 3.8) is 0 Å². The molecule has 2 aromatic rings. The first-order valence-electron chi connectivity index (χ1n) is 9.40. The molecule has 7 heteroatoms. The highest BCUT2D eigenvalue weighted by Gasteiger charge is 2.26. The Balaban J connectivity index is 1.26. The lowest BCUT2D eigenvalue weighted by Gasteiger charge is -2.34. The molecule has 4 rings (SSSR count). The summed E-state index contributed by atoms with van der Waals surface area (Å²) in [6, 6.07) is 9.78. The topological polar surface area (TPSA) is 69.6 Å². The number of piperazine rings is 1. The minimum Gasteiger partial charge on any atom is -0.339 e. The fourth-order valence-corrected chi connectivity index (χ4v) is 3.71. The van der Waals surface area contributed by atoms with E-state index < -0.39 is 0 Å². The van der Waals surface area contributed by atoms with Crippen molar-refractivity contribution in [2.45, 2.75) is 19.3 Å². The number of para-hydroxylation sites is 1. The van der Waals surface area contributed by atoms with Gasteiger partial charge in [-0.2, -0.15) is 0 Å². The molecule has 1 fully saturated rings. The second kappa shape index (κ2) is 7.73. The van der Waals surface area contributed by atoms with Crippen molar-refractivity contribution in [2.75, 3.05) is 42.5 Å². The molecule has 0 aliphatic carbocycles. The Morgan fingerprint density at radius 2 is 1.56 bits per heavy atom. The molecule has 0 radical (unpaired) electrons. The van der Waals surface area contributed by atoms with Crippen molar-refractivity contribution >= 4 is 23.5 Å². The van der Waals surface area contributed by atoms with Crippen molar-refractivity contribution in [3.8, 4) is 0 Å². The van der Waals surface area contributed by atoms with Crippen LogP contribution in [0.1, 0.15) is 18.4 Å². The Hall–Kier alpha value is -2.96. The van der Waals surface area contributed by atoms with Crippen molar-refractivity contribution in [1.29, 1.82) is 0 Å². The first kappa shape index (κ1) is 17.5. The number of hydrogen-bond acceptors (Lipinski definition) is 5. The van der Waals surface area contributed by atoms with Crippen LogP contribution >= 0.6 is 0 Å². The fourth-order valence-electron chi connectivity index (χ4n) is 3.71. The quantitative estimate of drug-likeness (QED) is 0.821. The van der Waals surface area contributed by atoms with Gasteiger partial charge in [0.15, 0.2) is 0 Å². The van der Waals surface area contributed by atoms with Crippen molar-refractivity contribution in [1.82, 2.24) is 14.9 Å². The average molecular weight is 365 g/mol.